The van der Waals surface area contributed by atoms with Gasteiger partial charge < -0.3 is 5.32 Å². The van der Waals surface area contributed by atoms with Crippen LogP contribution in [-0.4, -0.2) is 26.5 Å². The molecule has 0 amide bonds. The molecule has 0 saturated carbocycles. The standard InChI is InChI=1S/C14H14FN5S/c15-12-4-2-11(3-5-12)10-13-18-19-14(21-13)16-7-9-20-8-1-6-17-20/h1-6,8H,7,9-10H2,(H,16,19). The average molecular weight is 303 g/mol. The van der Waals surface area contributed by atoms with E-state index >= 15 is 0 Å². The number of anilines is 1. The molecule has 0 saturated heterocycles. The maximum Gasteiger partial charge on any atom is 0.205 e. The van der Waals surface area contributed by atoms with Gasteiger partial charge in [-0.05, 0) is 23.8 Å². The Morgan fingerprint density at radius 1 is 1.19 bits per heavy atom. The summed E-state index contributed by atoms with van der Waals surface area (Å²) in [6, 6.07) is 8.34. The van der Waals surface area contributed by atoms with Gasteiger partial charge in [-0.1, -0.05) is 23.5 Å². The van der Waals surface area contributed by atoms with Crippen LogP contribution in [0.25, 0.3) is 0 Å². The maximum atomic E-state index is 12.8. The Labute approximate surface area is 125 Å². The molecule has 0 aliphatic rings. The van der Waals surface area contributed by atoms with E-state index in [2.05, 4.69) is 20.6 Å². The highest BCUT2D eigenvalue weighted by atomic mass is 32.1. The van der Waals surface area contributed by atoms with Gasteiger partial charge in [-0.15, -0.1) is 10.2 Å². The molecular formula is C14H14FN5S. The number of halogens is 1. The summed E-state index contributed by atoms with van der Waals surface area (Å²) in [4.78, 5) is 0. The molecule has 0 aliphatic heterocycles. The molecule has 0 aliphatic carbocycles. The minimum absolute atomic E-state index is 0.225. The first-order valence-corrected chi connectivity index (χ1v) is 7.39. The van der Waals surface area contributed by atoms with E-state index in [1.807, 2.05) is 16.9 Å². The van der Waals surface area contributed by atoms with Crippen molar-refractivity contribution in [2.24, 2.45) is 0 Å². The van der Waals surface area contributed by atoms with Crippen LogP contribution in [0, 0.1) is 5.82 Å². The number of benzene rings is 1. The average Bonchev–Trinajstić information content (AvgIpc) is 3.14. The molecule has 2 aromatic heterocycles. The van der Waals surface area contributed by atoms with E-state index in [-0.39, 0.29) is 5.82 Å². The lowest BCUT2D eigenvalue weighted by molar-refractivity contribution is 0.627. The van der Waals surface area contributed by atoms with Gasteiger partial charge in [-0.25, -0.2) is 4.39 Å². The third kappa shape index (κ3) is 3.85. The van der Waals surface area contributed by atoms with E-state index in [1.165, 1.54) is 23.5 Å². The topological polar surface area (TPSA) is 55.6 Å². The summed E-state index contributed by atoms with van der Waals surface area (Å²) < 4.78 is 14.7. The molecule has 0 radical (unpaired) electrons. The second kappa shape index (κ2) is 6.45. The zero-order valence-electron chi connectivity index (χ0n) is 11.2. The number of rotatable bonds is 6. The number of aromatic nitrogens is 4. The Balaban J connectivity index is 1.52. The monoisotopic (exact) mass is 303 g/mol. The second-order valence-corrected chi connectivity index (χ2v) is 5.56. The van der Waals surface area contributed by atoms with Crippen LogP contribution in [0.4, 0.5) is 9.52 Å². The van der Waals surface area contributed by atoms with E-state index in [4.69, 9.17) is 0 Å². The Morgan fingerprint density at radius 3 is 2.81 bits per heavy atom. The van der Waals surface area contributed by atoms with Gasteiger partial charge in [0.2, 0.25) is 5.13 Å². The largest absolute Gasteiger partial charge is 0.358 e. The van der Waals surface area contributed by atoms with Crippen LogP contribution in [0.1, 0.15) is 10.6 Å². The first kappa shape index (κ1) is 13.7. The van der Waals surface area contributed by atoms with Crippen LogP contribution in [0.2, 0.25) is 0 Å². The molecule has 0 atom stereocenters. The van der Waals surface area contributed by atoms with E-state index in [1.54, 1.807) is 18.3 Å². The van der Waals surface area contributed by atoms with Crippen molar-refractivity contribution >= 4 is 16.5 Å². The molecule has 1 N–H and O–H groups in total. The fraction of sp³-hybridized carbons (Fsp3) is 0.214. The van der Waals surface area contributed by atoms with Crippen molar-refractivity contribution in [3.8, 4) is 0 Å². The highest BCUT2D eigenvalue weighted by Gasteiger charge is 2.05. The molecule has 0 bridgehead atoms. The molecule has 2 heterocycles. The first-order chi connectivity index (χ1) is 10.3. The van der Waals surface area contributed by atoms with Gasteiger partial charge in [0.25, 0.3) is 0 Å². The Morgan fingerprint density at radius 2 is 2.05 bits per heavy atom. The zero-order valence-corrected chi connectivity index (χ0v) is 12.1. The third-order valence-electron chi connectivity index (χ3n) is 2.91. The fourth-order valence-corrected chi connectivity index (χ4v) is 2.68. The van der Waals surface area contributed by atoms with Crippen LogP contribution in [0.15, 0.2) is 42.7 Å². The lowest BCUT2D eigenvalue weighted by Crippen LogP contribution is -2.10. The normalized spacial score (nSPS) is 10.7. The zero-order chi connectivity index (χ0) is 14.5. The van der Waals surface area contributed by atoms with Gasteiger partial charge in [0.05, 0.1) is 6.54 Å². The first-order valence-electron chi connectivity index (χ1n) is 6.58. The van der Waals surface area contributed by atoms with E-state index in [0.29, 0.717) is 6.42 Å². The van der Waals surface area contributed by atoms with Crippen LogP contribution in [-0.2, 0) is 13.0 Å². The molecule has 21 heavy (non-hydrogen) atoms. The summed E-state index contributed by atoms with van der Waals surface area (Å²) in [7, 11) is 0. The fourth-order valence-electron chi connectivity index (χ4n) is 1.88. The number of hydrogen-bond donors (Lipinski definition) is 1. The van der Waals surface area contributed by atoms with Gasteiger partial charge in [0, 0.05) is 25.4 Å². The number of hydrogen-bond acceptors (Lipinski definition) is 5. The van der Waals surface area contributed by atoms with E-state index < -0.39 is 0 Å². The molecule has 0 spiro atoms. The molecule has 1 aromatic carbocycles. The highest BCUT2D eigenvalue weighted by molar-refractivity contribution is 7.15. The molecule has 7 heteroatoms. The van der Waals surface area contributed by atoms with Gasteiger partial charge >= 0.3 is 0 Å². The van der Waals surface area contributed by atoms with Crippen molar-refractivity contribution in [2.45, 2.75) is 13.0 Å². The van der Waals surface area contributed by atoms with Crippen LogP contribution < -0.4 is 5.32 Å². The summed E-state index contributed by atoms with van der Waals surface area (Å²) in [5.41, 5.74) is 1.02. The minimum atomic E-state index is -0.225. The summed E-state index contributed by atoms with van der Waals surface area (Å²) in [6.07, 6.45) is 4.34. The third-order valence-corrected chi connectivity index (χ3v) is 3.79. The summed E-state index contributed by atoms with van der Waals surface area (Å²) in [6.45, 7) is 1.52. The van der Waals surface area contributed by atoms with Gasteiger partial charge in [-0.3, -0.25) is 4.68 Å². The van der Waals surface area contributed by atoms with Crippen molar-refractivity contribution in [1.82, 2.24) is 20.0 Å². The lowest BCUT2D eigenvalue weighted by Gasteiger charge is -2.01. The summed E-state index contributed by atoms with van der Waals surface area (Å²) in [5, 5.41) is 17.3. The maximum absolute atomic E-state index is 12.8. The Hall–Kier alpha value is -2.28. The van der Waals surface area contributed by atoms with Crippen LogP contribution in [0.5, 0.6) is 0 Å². The Kier molecular flexibility index (Phi) is 4.20. The van der Waals surface area contributed by atoms with Crippen molar-refractivity contribution < 1.29 is 4.39 Å². The summed E-state index contributed by atoms with van der Waals surface area (Å²) >= 11 is 1.51. The molecule has 108 valence electrons. The molecule has 3 aromatic rings. The highest BCUT2D eigenvalue weighted by Crippen LogP contribution is 2.18. The molecule has 5 nitrogen and oxygen atoms in total. The van der Waals surface area contributed by atoms with Gasteiger partial charge in [0.15, 0.2) is 0 Å². The van der Waals surface area contributed by atoms with Crippen molar-refractivity contribution in [3.63, 3.8) is 0 Å². The summed E-state index contributed by atoms with van der Waals surface area (Å²) in [5.74, 6) is -0.225. The smallest absolute Gasteiger partial charge is 0.205 e. The quantitative estimate of drug-likeness (QED) is 0.760. The lowest BCUT2D eigenvalue weighted by atomic mass is 10.2. The van der Waals surface area contributed by atoms with E-state index in [0.717, 1.165) is 28.8 Å². The van der Waals surface area contributed by atoms with Crippen LogP contribution >= 0.6 is 11.3 Å². The van der Waals surface area contributed by atoms with Crippen molar-refractivity contribution in [2.75, 3.05) is 11.9 Å². The van der Waals surface area contributed by atoms with Crippen molar-refractivity contribution in [3.05, 3.63) is 59.1 Å². The van der Waals surface area contributed by atoms with Crippen molar-refractivity contribution in [1.29, 1.82) is 0 Å². The predicted molar refractivity (Wildman–Crippen MR) is 79.8 cm³/mol. The SMILES string of the molecule is Fc1ccc(Cc2nnc(NCCn3cccn3)s2)cc1. The Bertz CT molecular complexity index is 678. The molecule has 3 rings (SSSR count). The van der Waals surface area contributed by atoms with Crippen LogP contribution in [0.3, 0.4) is 0 Å². The second-order valence-electron chi connectivity index (χ2n) is 4.50. The van der Waals surface area contributed by atoms with Gasteiger partial charge in [-0.2, -0.15) is 5.10 Å². The minimum Gasteiger partial charge on any atom is -0.358 e. The van der Waals surface area contributed by atoms with Gasteiger partial charge in [0.1, 0.15) is 10.8 Å². The molecular weight excluding hydrogens is 289 g/mol. The van der Waals surface area contributed by atoms with E-state index in [9.17, 15) is 4.39 Å². The number of nitrogens with zero attached hydrogens (tertiary/aromatic N) is 4. The molecule has 0 fully saturated rings. The predicted octanol–water partition coefficient (Wildman–Crippen LogP) is 2.58. The number of nitrogens with one attached hydrogen (secondary N) is 1. The molecule has 0 unspecified atom stereocenters.